The van der Waals surface area contributed by atoms with Crippen LogP contribution in [0.2, 0.25) is 0 Å². The van der Waals surface area contributed by atoms with Crippen LogP contribution in [0, 0.1) is 5.41 Å². The first-order valence-electron chi connectivity index (χ1n) is 4.29. The van der Waals surface area contributed by atoms with Crippen molar-refractivity contribution in [2.24, 2.45) is 5.41 Å². The molecule has 13 heavy (non-hydrogen) atoms. The molecular formula is C8H14F3NO. The van der Waals surface area contributed by atoms with Crippen LogP contribution in [-0.4, -0.2) is 30.5 Å². The summed E-state index contributed by atoms with van der Waals surface area (Å²) < 4.78 is 35.8. The SMILES string of the molecule is CC1(C(O)CC(F)(F)F)CCNC1. The Hall–Kier alpha value is -0.290. The molecule has 0 saturated carbocycles. The van der Waals surface area contributed by atoms with E-state index in [0.717, 1.165) is 0 Å². The molecule has 1 aliphatic rings. The minimum absolute atomic E-state index is 0.463. The van der Waals surface area contributed by atoms with Crippen molar-refractivity contribution in [1.29, 1.82) is 0 Å². The molecule has 2 nitrogen and oxygen atoms in total. The highest BCUT2D eigenvalue weighted by atomic mass is 19.4. The predicted octanol–water partition coefficient (Wildman–Crippen LogP) is 1.30. The second kappa shape index (κ2) is 3.46. The highest BCUT2D eigenvalue weighted by molar-refractivity contribution is 4.90. The van der Waals surface area contributed by atoms with E-state index in [9.17, 15) is 18.3 Å². The largest absolute Gasteiger partial charge is 0.392 e. The molecule has 78 valence electrons. The topological polar surface area (TPSA) is 32.3 Å². The van der Waals surface area contributed by atoms with Crippen molar-refractivity contribution in [1.82, 2.24) is 5.32 Å². The minimum Gasteiger partial charge on any atom is -0.392 e. The maximum absolute atomic E-state index is 11.9. The molecule has 0 aromatic heterocycles. The molecule has 0 bridgehead atoms. The van der Waals surface area contributed by atoms with Crippen LogP contribution in [0.15, 0.2) is 0 Å². The lowest BCUT2D eigenvalue weighted by Gasteiger charge is -2.29. The van der Waals surface area contributed by atoms with Gasteiger partial charge in [0, 0.05) is 12.0 Å². The van der Waals surface area contributed by atoms with Crippen molar-refractivity contribution in [3.05, 3.63) is 0 Å². The summed E-state index contributed by atoms with van der Waals surface area (Å²) >= 11 is 0. The number of aliphatic hydroxyl groups is 1. The summed E-state index contributed by atoms with van der Waals surface area (Å²) in [6.45, 7) is 2.83. The van der Waals surface area contributed by atoms with Gasteiger partial charge >= 0.3 is 6.18 Å². The first-order chi connectivity index (χ1) is 5.83. The number of rotatable bonds is 2. The molecule has 1 saturated heterocycles. The molecular weight excluding hydrogens is 183 g/mol. The highest BCUT2D eigenvalue weighted by Gasteiger charge is 2.42. The summed E-state index contributed by atoms with van der Waals surface area (Å²) in [5.74, 6) is 0. The zero-order valence-electron chi connectivity index (χ0n) is 7.49. The average molecular weight is 197 g/mol. The molecule has 1 rings (SSSR count). The van der Waals surface area contributed by atoms with Gasteiger partial charge in [-0.3, -0.25) is 0 Å². The maximum atomic E-state index is 11.9. The summed E-state index contributed by atoms with van der Waals surface area (Å²) in [5, 5.41) is 12.3. The summed E-state index contributed by atoms with van der Waals surface area (Å²) in [5.41, 5.74) is -0.616. The van der Waals surface area contributed by atoms with Crippen LogP contribution < -0.4 is 5.32 Å². The number of nitrogens with one attached hydrogen (secondary N) is 1. The Balaban J connectivity index is 2.51. The third-order valence-electron chi connectivity index (χ3n) is 2.63. The molecule has 1 aliphatic heterocycles. The molecule has 2 N–H and O–H groups in total. The fourth-order valence-electron chi connectivity index (χ4n) is 1.59. The molecule has 1 heterocycles. The number of aliphatic hydroxyl groups excluding tert-OH is 1. The highest BCUT2D eigenvalue weighted by Crippen LogP contribution is 2.35. The van der Waals surface area contributed by atoms with Crippen LogP contribution in [0.1, 0.15) is 19.8 Å². The first-order valence-corrected chi connectivity index (χ1v) is 4.29. The van der Waals surface area contributed by atoms with Crippen molar-refractivity contribution in [2.45, 2.75) is 32.0 Å². The summed E-state index contributed by atoms with van der Waals surface area (Å²) in [6.07, 6.45) is -6.07. The van der Waals surface area contributed by atoms with Crippen molar-refractivity contribution < 1.29 is 18.3 Å². The summed E-state index contributed by atoms with van der Waals surface area (Å²) in [6, 6.07) is 0. The third-order valence-corrected chi connectivity index (χ3v) is 2.63. The van der Waals surface area contributed by atoms with Crippen molar-refractivity contribution in [2.75, 3.05) is 13.1 Å². The Morgan fingerprint density at radius 1 is 1.54 bits per heavy atom. The lowest BCUT2D eigenvalue weighted by atomic mass is 9.82. The smallest absolute Gasteiger partial charge is 0.391 e. The van der Waals surface area contributed by atoms with E-state index in [1.807, 2.05) is 0 Å². The molecule has 0 spiro atoms. The van der Waals surface area contributed by atoms with Gasteiger partial charge in [-0.2, -0.15) is 13.2 Å². The Labute approximate surface area is 75.1 Å². The number of hydrogen-bond acceptors (Lipinski definition) is 2. The molecule has 0 radical (unpaired) electrons. The second-order valence-electron chi connectivity index (χ2n) is 3.92. The Morgan fingerprint density at radius 2 is 2.15 bits per heavy atom. The first kappa shape index (κ1) is 10.8. The van der Waals surface area contributed by atoms with E-state index >= 15 is 0 Å². The minimum atomic E-state index is -4.27. The zero-order valence-corrected chi connectivity index (χ0v) is 7.49. The van der Waals surface area contributed by atoms with Crippen molar-refractivity contribution >= 4 is 0 Å². The maximum Gasteiger partial charge on any atom is 0.391 e. The zero-order chi connectivity index (χ0) is 10.1. The fourth-order valence-corrected chi connectivity index (χ4v) is 1.59. The van der Waals surface area contributed by atoms with Gasteiger partial charge in [0.25, 0.3) is 0 Å². The fraction of sp³-hybridized carbons (Fsp3) is 1.00. The molecule has 1 fully saturated rings. The van der Waals surface area contributed by atoms with E-state index in [4.69, 9.17) is 0 Å². The quantitative estimate of drug-likeness (QED) is 0.699. The predicted molar refractivity (Wildman–Crippen MR) is 42.3 cm³/mol. The second-order valence-corrected chi connectivity index (χ2v) is 3.92. The molecule has 5 heteroatoms. The molecule has 0 amide bonds. The monoisotopic (exact) mass is 197 g/mol. The van der Waals surface area contributed by atoms with Gasteiger partial charge in [0.1, 0.15) is 0 Å². The summed E-state index contributed by atoms with van der Waals surface area (Å²) in [7, 11) is 0. The van der Waals surface area contributed by atoms with Crippen LogP contribution in [-0.2, 0) is 0 Å². The van der Waals surface area contributed by atoms with Crippen LogP contribution in [0.4, 0.5) is 13.2 Å². The van der Waals surface area contributed by atoms with E-state index in [0.29, 0.717) is 19.5 Å². The molecule has 2 unspecified atom stereocenters. The van der Waals surface area contributed by atoms with Gasteiger partial charge < -0.3 is 10.4 Å². The van der Waals surface area contributed by atoms with Gasteiger partial charge in [-0.25, -0.2) is 0 Å². The molecule has 2 atom stereocenters. The van der Waals surface area contributed by atoms with Crippen molar-refractivity contribution in [3.63, 3.8) is 0 Å². The van der Waals surface area contributed by atoms with E-state index in [1.54, 1.807) is 6.92 Å². The Kier molecular flexibility index (Phi) is 2.87. The molecule has 0 aromatic rings. The summed E-state index contributed by atoms with van der Waals surface area (Å²) in [4.78, 5) is 0. The number of hydrogen-bond donors (Lipinski definition) is 2. The van der Waals surface area contributed by atoms with Gasteiger partial charge in [0.2, 0.25) is 0 Å². The number of halogens is 3. The Bertz CT molecular complexity index is 175. The number of alkyl halides is 3. The van der Waals surface area contributed by atoms with Crippen molar-refractivity contribution in [3.8, 4) is 0 Å². The standard InChI is InChI=1S/C8H14F3NO/c1-7(2-3-12-5-7)6(13)4-8(9,10)11/h6,12-13H,2-5H2,1H3. The van der Waals surface area contributed by atoms with Crippen LogP contribution in [0.3, 0.4) is 0 Å². The average Bonchev–Trinajstić information content (AvgIpc) is 2.33. The normalized spacial score (nSPS) is 32.1. The van der Waals surface area contributed by atoms with E-state index in [-0.39, 0.29) is 0 Å². The lowest BCUT2D eigenvalue weighted by Crippen LogP contribution is -2.37. The van der Waals surface area contributed by atoms with Gasteiger partial charge in [-0.1, -0.05) is 6.92 Å². The van der Waals surface area contributed by atoms with Crippen LogP contribution in [0.5, 0.6) is 0 Å². The van der Waals surface area contributed by atoms with Crippen LogP contribution >= 0.6 is 0 Å². The third kappa shape index (κ3) is 2.84. The van der Waals surface area contributed by atoms with Gasteiger partial charge in [-0.05, 0) is 13.0 Å². The van der Waals surface area contributed by atoms with E-state index < -0.39 is 24.1 Å². The van der Waals surface area contributed by atoms with Gasteiger partial charge in [0.05, 0.1) is 12.5 Å². The van der Waals surface area contributed by atoms with Gasteiger partial charge in [0.15, 0.2) is 0 Å². The molecule has 0 aromatic carbocycles. The Morgan fingerprint density at radius 3 is 2.54 bits per heavy atom. The molecule has 0 aliphatic carbocycles. The van der Waals surface area contributed by atoms with E-state index in [2.05, 4.69) is 5.32 Å². The lowest BCUT2D eigenvalue weighted by molar-refractivity contribution is -0.166. The van der Waals surface area contributed by atoms with Gasteiger partial charge in [-0.15, -0.1) is 0 Å². The van der Waals surface area contributed by atoms with E-state index in [1.165, 1.54) is 0 Å². The van der Waals surface area contributed by atoms with Crippen LogP contribution in [0.25, 0.3) is 0 Å².